The summed E-state index contributed by atoms with van der Waals surface area (Å²) in [5, 5.41) is 12.4. The van der Waals surface area contributed by atoms with E-state index < -0.39 is 6.29 Å². The lowest BCUT2D eigenvalue weighted by atomic mass is 9.91. The van der Waals surface area contributed by atoms with E-state index in [9.17, 15) is 14.7 Å². The highest BCUT2D eigenvalue weighted by atomic mass is 32.2. The van der Waals surface area contributed by atoms with Gasteiger partial charge in [-0.05, 0) is 54.4 Å². The normalized spacial score (nSPS) is 20.2. The van der Waals surface area contributed by atoms with Crippen LogP contribution in [0.3, 0.4) is 0 Å². The Labute approximate surface area is 250 Å². The number of anilines is 2. The van der Waals surface area contributed by atoms with Gasteiger partial charge in [-0.25, -0.2) is 0 Å². The average Bonchev–Trinajstić information content (AvgIpc) is 3.01. The molecule has 1 unspecified atom stereocenters. The van der Waals surface area contributed by atoms with Crippen LogP contribution in [-0.2, 0) is 16.1 Å². The summed E-state index contributed by atoms with van der Waals surface area (Å²) in [4.78, 5) is 25.9. The fourth-order valence-electron chi connectivity index (χ4n) is 4.94. The fourth-order valence-corrected chi connectivity index (χ4v) is 6.07. The number of para-hydroxylation sites is 1. The second-order valence-electron chi connectivity index (χ2n) is 10.4. The van der Waals surface area contributed by atoms with E-state index in [0.717, 1.165) is 27.3 Å². The molecule has 7 nitrogen and oxygen atoms in total. The van der Waals surface area contributed by atoms with Gasteiger partial charge in [-0.1, -0.05) is 67.6 Å². The molecule has 42 heavy (non-hydrogen) atoms. The van der Waals surface area contributed by atoms with E-state index in [4.69, 9.17) is 15.2 Å². The first-order chi connectivity index (χ1) is 20.3. The van der Waals surface area contributed by atoms with Gasteiger partial charge in [0.1, 0.15) is 0 Å². The van der Waals surface area contributed by atoms with Crippen LogP contribution >= 0.6 is 11.8 Å². The van der Waals surface area contributed by atoms with Gasteiger partial charge in [-0.15, -0.1) is 11.8 Å². The molecule has 8 heteroatoms. The topological polar surface area (TPSA) is 111 Å². The molecule has 1 fully saturated rings. The van der Waals surface area contributed by atoms with Crippen molar-refractivity contribution in [1.82, 2.24) is 0 Å². The molecule has 0 bridgehead atoms. The number of thioether (sulfide) groups is 1. The molecule has 0 saturated carbocycles. The molecular formula is C34H34N2O5S. The van der Waals surface area contributed by atoms with Gasteiger partial charge in [0.25, 0.3) is 5.91 Å². The molecule has 1 aliphatic rings. The maximum atomic E-state index is 13.2. The smallest absolute Gasteiger partial charge is 0.255 e. The van der Waals surface area contributed by atoms with Crippen molar-refractivity contribution in [3.63, 3.8) is 0 Å². The van der Waals surface area contributed by atoms with Gasteiger partial charge in [0.2, 0.25) is 0 Å². The van der Waals surface area contributed by atoms with E-state index >= 15 is 0 Å². The third-order valence-corrected chi connectivity index (χ3v) is 8.57. The number of aliphatic hydroxyl groups excluding tert-OH is 1. The first kappa shape index (κ1) is 29.5. The molecule has 1 amide bonds. The molecule has 4 aromatic rings. The Balaban J connectivity index is 1.39. The zero-order valence-electron chi connectivity index (χ0n) is 23.5. The number of ether oxygens (including phenoxy) is 2. The fraction of sp³-hybridized carbons (Fsp3) is 0.235. The number of nitrogens with one attached hydrogen (secondary N) is 1. The van der Waals surface area contributed by atoms with E-state index in [2.05, 4.69) is 12.2 Å². The van der Waals surface area contributed by atoms with Crippen molar-refractivity contribution < 1.29 is 24.2 Å². The van der Waals surface area contributed by atoms with Crippen molar-refractivity contribution >= 4 is 34.8 Å². The lowest BCUT2D eigenvalue weighted by molar-refractivity contribution is -0.268. The number of benzene rings is 4. The van der Waals surface area contributed by atoms with Crippen molar-refractivity contribution in [3.05, 3.63) is 125 Å². The van der Waals surface area contributed by atoms with Gasteiger partial charge < -0.3 is 25.6 Å². The molecule has 0 radical (unpaired) electrons. The van der Waals surface area contributed by atoms with E-state index in [-0.39, 0.29) is 36.4 Å². The average molecular weight is 583 g/mol. The molecule has 5 rings (SSSR count). The van der Waals surface area contributed by atoms with Crippen LogP contribution in [-0.4, -0.2) is 28.7 Å². The standard InChI is InChI=1S/C34H34N2O5S/c1-21-30(20-42-31-12-4-3-11-29(31)35)40-34(41-32(21)24-15-13-23(19-37)14-16-24)27-9-5-8-26(17-27)33(39)36-28-10-6-7-25(18-28)22(2)38/h3-18,21,30,32,34,37H,19-20,35H2,1-2H3,(H,36,39)/t21-,30+,32+,34?/m0/s1. The Morgan fingerprint density at radius 3 is 2.36 bits per heavy atom. The first-order valence-corrected chi connectivity index (χ1v) is 14.8. The molecule has 1 saturated heterocycles. The van der Waals surface area contributed by atoms with Gasteiger partial charge in [-0.3, -0.25) is 9.59 Å². The van der Waals surface area contributed by atoms with Gasteiger partial charge in [0, 0.05) is 44.6 Å². The number of amides is 1. The van der Waals surface area contributed by atoms with Crippen LogP contribution in [0.4, 0.5) is 11.4 Å². The van der Waals surface area contributed by atoms with Crippen LogP contribution < -0.4 is 11.1 Å². The highest BCUT2D eigenvalue weighted by Crippen LogP contribution is 2.43. The quantitative estimate of drug-likeness (QED) is 0.113. The Bertz CT molecular complexity index is 1560. The summed E-state index contributed by atoms with van der Waals surface area (Å²) in [6.45, 7) is 3.57. The minimum Gasteiger partial charge on any atom is -0.398 e. The second kappa shape index (κ2) is 13.4. The number of carbonyl (C=O) groups excluding carboxylic acids is 2. The summed E-state index contributed by atoms with van der Waals surface area (Å²) >= 11 is 1.64. The maximum Gasteiger partial charge on any atom is 0.255 e. The van der Waals surface area contributed by atoms with Crippen LogP contribution in [0, 0.1) is 5.92 Å². The zero-order chi connectivity index (χ0) is 29.6. The summed E-state index contributed by atoms with van der Waals surface area (Å²) in [7, 11) is 0. The van der Waals surface area contributed by atoms with Crippen LogP contribution in [0.25, 0.3) is 0 Å². The number of nitrogen functional groups attached to an aromatic ring is 1. The van der Waals surface area contributed by atoms with Crippen molar-refractivity contribution in [1.29, 1.82) is 0 Å². The predicted molar refractivity (Wildman–Crippen MR) is 165 cm³/mol. The summed E-state index contributed by atoms with van der Waals surface area (Å²) in [6.07, 6.45) is -1.17. The van der Waals surface area contributed by atoms with Crippen molar-refractivity contribution in [2.75, 3.05) is 16.8 Å². The predicted octanol–water partition coefficient (Wildman–Crippen LogP) is 6.80. The molecule has 0 spiro atoms. The van der Waals surface area contributed by atoms with Gasteiger partial charge >= 0.3 is 0 Å². The summed E-state index contributed by atoms with van der Waals surface area (Å²) in [5.74, 6) is 0.299. The highest BCUT2D eigenvalue weighted by molar-refractivity contribution is 7.99. The van der Waals surface area contributed by atoms with Crippen molar-refractivity contribution in [2.24, 2.45) is 5.92 Å². The molecule has 0 aliphatic carbocycles. The minimum absolute atomic E-state index is 0.0127. The molecular weight excluding hydrogens is 548 g/mol. The number of carbonyl (C=O) groups is 2. The van der Waals surface area contributed by atoms with Crippen LogP contribution in [0.1, 0.15) is 63.6 Å². The van der Waals surface area contributed by atoms with E-state index in [1.54, 1.807) is 54.2 Å². The Morgan fingerprint density at radius 1 is 0.881 bits per heavy atom. The summed E-state index contributed by atoms with van der Waals surface area (Å²) in [5.41, 5.74) is 11.0. The van der Waals surface area contributed by atoms with Crippen LogP contribution in [0.15, 0.2) is 102 Å². The van der Waals surface area contributed by atoms with E-state index in [1.807, 2.05) is 54.6 Å². The van der Waals surface area contributed by atoms with Gasteiger partial charge in [-0.2, -0.15) is 0 Å². The summed E-state index contributed by atoms with van der Waals surface area (Å²) in [6, 6.07) is 29.6. The highest BCUT2D eigenvalue weighted by Gasteiger charge is 2.38. The van der Waals surface area contributed by atoms with Gasteiger partial charge in [0.15, 0.2) is 12.1 Å². The number of rotatable bonds is 9. The molecule has 1 aliphatic heterocycles. The number of hydrogen-bond donors (Lipinski definition) is 3. The molecule has 4 aromatic carbocycles. The molecule has 4 N–H and O–H groups in total. The summed E-state index contributed by atoms with van der Waals surface area (Å²) < 4.78 is 13.1. The number of ketones is 1. The molecule has 1 heterocycles. The van der Waals surface area contributed by atoms with Crippen LogP contribution in [0.2, 0.25) is 0 Å². The number of hydrogen-bond acceptors (Lipinski definition) is 7. The lowest BCUT2D eigenvalue weighted by Crippen LogP contribution is -2.38. The second-order valence-corrected chi connectivity index (χ2v) is 11.4. The third kappa shape index (κ3) is 6.91. The van der Waals surface area contributed by atoms with Crippen molar-refractivity contribution in [3.8, 4) is 0 Å². The van der Waals surface area contributed by atoms with Crippen LogP contribution in [0.5, 0.6) is 0 Å². The SMILES string of the molecule is CC(=O)c1cccc(NC(=O)c2cccc(C3O[C@H](CSc4ccccc4N)[C@H](C)[C@H](c4ccc(CO)cc4)O3)c2)c1. The number of aliphatic hydroxyl groups is 1. The van der Waals surface area contributed by atoms with E-state index in [1.165, 1.54) is 6.92 Å². The Hall–Kier alpha value is -3.95. The third-order valence-electron chi connectivity index (χ3n) is 7.39. The number of Topliss-reactive ketones (excluding diaryl/α,β-unsaturated/α-hetero) is 1. The zero-order valence-corrected chi connectivity index (χ0v) is 24.3. The Kier molecular flexibility index (Phi) is 9.39. The molecule has 216 valence electrons. The molecule has 0 aromatic heterocycles. The molecule has 4 atom stereocenters. The number of nitrogens with two attached hydrogens (primary N) is 1. The lowest BCUT2D eigenvalue weighted by Gasteiger charge is -2.41. The van der Waals surface area contributed by atoms with Gasteiger partial charge in [0.05, 0.1) is 18.8 Å². The first-order valence-electron chi connectivity index (χ1n) is 13.8. The van der Waals surface area contributed by atoms with Crippen molar-refractivity contribution in [2.45, 2.75) is 43.8 Å². The monoisotopic (exact) mass is 582 g/mol. The minimum atomic E-state index is -0.712. The Morgan fingerprint density at radius 2 is 1.62 bits per heavy atom. The van der Waals surface area contributed by atoms with E-state index in [0.29, 0.717) is 22.6 Å². The maximum absolute atomic E-state index is 13.2. The largest absolute Gasteiger partial charge is 0.398 e.